The predicted molar refractivity (Wildman–Crippen MR) is 96.9 cm³/mol. The van der Waals surface area contributed by atoms with Gasteiger partial charge in [0.05, 0.1) is 12.2 Å². The predicted octanol–water partition coefficient (Wildman–Crippen LogP) is 1.73. The van der Waals surface area contributed by atoms with Crippen LogP contribution in [0.5, 0.6) is 5.75 Å². The van der Waals surface area contributed by atoms with Gasteiger partial charge in [-0.25, -0.2) is 4.98 Å². The third kappa shape index (κ3) is 3.49. The summed E-state index contributed by atoms with van der Waals surface area (Å²) in [6.45, 7) is 2.63. The van der Waals surface area contributed by atoms with Crippen LogP contribution in [0.4, 0.5) is 0 Å². The van der Waals surface area contributed by atoms with Crippen molar-refractivity contribution >= 4 is 5.91 Å². The zero-order chi connectivity index (χ0) is 17.9. The van der Waals surface area contributed by atoms with E-state index < -0.39 is 0 Å². The lowest BCUT2D eigenvalue weighted by Gasteiger charge is -2.35. The number of piperidine rings is 1. The number of rotatable bonds is 3. The second kappa shape index (κ2) is 7.32. The van der Waals surface area contributed by atoms with Gasteiger partial charge in [-0.3, -0.25) is 14.2 Å². The minimum Gasteiger partial charge on any atom is -0.492 e. The van der Waals surface area contributed by atoms with Crippen LogP contribution in [0.3, 0.4) is 0 Å². The summed E-state index contributed by atoms with van der Waals surface area (Å²) < 4.78 is 7.43. The fourth-order valence-corrected chi connectivity index (χ4v) is 3.87. The lowest BCUT2D eigenvalue weighted by molar-refractivity contribution is -0.138. The molecule has 136 valence electrons. The van der Waals surface area contributed by atoms with Gasteiger partial charge in [-0.15, -0.1) is 0 Å². The molecule has 3 heterocycles. The molecule has 0 spiro atoms. The van der Waals surface area contributed by atoms with Crippen molar-refractivity contribution in [3.63, 3.8) is 0 Å². The number of para-hydroxylation sites is 1. The topological polar surface area (TPSA) is 64.4 Å². The number of nitrogens with zero attached hydrogens (tertiary/aromatic N) is 3. The number of aromatic nitrogens is 2. The van der Waals surface area contributed by atoms with Crippen LogP contribution < -0.4 is 10.3 Å². The Morgan fingerprint density at radius 1 is 1.19 bits per heavy atom. The molecule has 1 aromatic heterocycles. The Morgan fingerprint density at radius 3 is 2.81 bits per heavy atom. The van der Waals surface area contributed by atoms with Gasteiger partial charge in [-0.2, -0.15) is 0 Å². The summed E-state index contributed by atoms with van der Waals surface area (Å²) in [4.78, 5) is 30.7. The highest BCUT2D eigenvalue weighted by molar-refractivity contribution is 5.80. The quantitative estimate of drug-likeness (QED) is 0.843. The molecule has 6 heteroatoms. The van der Waals surface area contributed by atoms with Crippen LogP contribution in [-0.2, 0) is 17.8 Å². The van der Waals surface area contributed by atoms with Gasteiger partial charge in [-0.05, 0) is 36.8 Å². The molecule has 2 aliphatic heterocycles. The highest BCUT2D eigenvalue weighted by Crippen LogP contribution is 2.29. The molecule has 0 aliphatic carbocycles. The number of ether oxygens (including phenoxy) is 1. The van der Waals surface area contributed by atoms with E-state index in [0.29, 0.717) is 19.1 Å². The Kier molecular flexibility index (Phi) is 4.73. The molecular weight excluding hydrogens is 330 g/mol. The second-order valence-corrected chi connectivity index (χ2v) is 7.16. The summed E-state index contributed by atoms with van der Waals surface area (Å²) in [6.07, 6.45) is 5.69. The average Bonchev–Trinajstić information content (AvgIpc) is 2.69. The zero-order valence-corrected chi connectivity index (χ0v) is 14.7. The van der Waals surface area contributed by atoms with Gasteiger partial charge in [0.1, 0.15) is 12.4 Å². The number of hydrogen-bond acceptors (Lipinski definition) is 4. The van der Waals surface area contributed by atoms with Crippen LogP contribution in [0.25, 0.3) is 0 Å². The molecule has 0 radical (unpaired) electrons. The molecule has 1 aromatic carbocycles. The fourth-order valence-electron chi connectivity index (χ4n) is 3.87. The maximum absolute atomic E-state index is 12.9. The van der Waals surface area contributed by atoms with E-state index in [-0.39, 0.29) is 17.4 Å². The smallest absolute Gasteiger partial charge is 0.253 e. The molecule has 1 saturated heterocycles. The normalized spacial score (nSPS) is 20.3. The molecule has 0 saturated carbocycles. The van der Waals surface area contributed by atoms with E-state index in [9.17, 15) is 9.59 Å². The lowest BCUT2D eigenvalue weighted by atomic mass is 9.92. The summed E-state index contributed by atoms with van der Waals surface area (Å²) in [5.74, 6) is 1.40. The van der Waals surface area contributed by atoms with Crippen molar-refractivity contribution in [3.8, 4) is 5.75 Å². The van der Waals surface area contributed by atoms with Crippen LogP contribution in [-0.4, -0.2) is 40.1 Å². The molecule has 2 aliphatic rings. The van der Waals surface area contributed by atoms with Crippen LogP contribution in [0.15, 0.2) is 47.7 Å². The highest BCUT2D eigenvalue weighted by Gasteiger charge is 2.31. The third-order valence-electron chi connectivity index (χ3n) is 5.40. The Labute approximate surface area is 152 Å². The van der Waals surface area contributed by atoms with E-state index in [4.69, 9.17) is 4.74 Å². The van der Waals surface area contributed by atoms with Gasteiger partial charge in [0.15, 0.2) is 0 Å². The van der Waals surface area contributed by atoms with Crippen molar-refractivity contribution < 1.29 is 9.53 Å². The zero-order valence-electron chi connectivity index (χ0n) is 14.7. The first-order valence-corrected chi connectivity index (χ1v) is 9.20. The number of carbonyl (C=O) groups is 1. The summed E-state index contributed by atoms with van der Waals surface area (Å²) >= 11 is 0. The molecule has 0 N–H and O–H groups in total. The van der Waals surface area contributed by atoms with Crippen molar-refractivity contribution in [2.75, 3.05) is 19.7 Å². The second-order valence-electron chi connectivity index (χ2n) is 7.16. The van der Waals surface area contributed by atoms with Crippen molar-refractivity contribution in [2.45, 2.75) is 25.8 Å². The molecule has 26 heavy (non-hydrogen) atoms. The van der Waals surface area contributed by atoms with Crippen LogP contribution in [0.1, 0.15) is 18.4 Å². The first-order valence-electron chi connectivity index (χ1n) is 9.20. The molecule has 1 fully saturated rings. The Hall–Kier alpha value is -2.63. The van der Waals surface area contributed by atoms with Crippen LogP contribution in [0, 0.1) is 11.8 Å². The van der Waals surface area contributed by atoms with Crippen LogP contribution in [0.2, 0.25) is 0 Å². The summed E-state index contributed by atoms with van der Waals surface area (Å²) in [5.41, 5.74) is 1.10. The first-order chi connectivity index (χ1) is 12.7. The molecule has 6 nitrogen and oxygen atoms in total. The number of amides is 1. The van der Waals surface area contributed by atoms with Gasteiger partial charge in [0.2, 0.25) is 5.91 Å². The van der Waals surface area contributed by atoms with E-state index >= 15 is 0 Å². The summed E-state index contributed by atoms with van der Waals surface area (Å²) in [7, 11) is 0. The molecule has 1 amide bonds. The number of fused-ring (bicyclic) bond motifs is 1. The summed E-state index contributed by atoms with van der Waals surface area (Å²) in [6, 6.07) is 9.42. The Balaban J connectivity index is 1.33. The van der Waals surface area contributed by atoms with Gasteiger partial charge in [0, 0.05) is 31.9 Å². The number of hydrogen-bond donors (Lipinski definition) is 0. The standard InChI is InChI=1S/C20H23N3O3/c24-19-5-8-21-14-23(19)12-15-6-9-22(10-7-15)20(25)17-11-16-3-1-2-4-18(16)26-13-17/h1-5,8,14-15,17H,6-7,9-13H2. The number of carbonyl (C=O) groups excluding carboxylic acids is 1. The maximum Gasteiger partial charge on any atom is 0.253 e. The first kappa shape index (κ1) is 16.8. The van der Waals surface area contributed by atoms with Gasteiger partial charge in [-0.1, -0.05) is 18.2 Å². The lowest BCUT2D eigenvalue weighted by Crippen LogP contribution is -2.45. The van der Waals surface area contributed by atoms with E-state index in [1.54, 1.807) is 10.9 Å². The number of benzene rings is 1. The minimum atomic E-state index is -0.0950. The van der Waals surface area contributed by atoms with E-state index in [2.05, 4.69) is 4.98 Å². The van der Waals surface area contributed by atoms with Gasteiger partial charge in [0.25, 0.3) is 5.56 Å². The number of likely N-dealkylation sites (tertiary alicyclic amines) is 1. The van der Waals surface area contributed by atoms with Crippen molar-refractivity contribution in [3.05, 3.63) is 58.8 Å². The summed E-state index contributed by atoms with van der Waals surface area (Å²) in [5, 5.41) is 0. The van der Waals surface area contributed by atoms with Gasteiger partial charge < -0.3 is 9.64 Å². The highest BCUT2D eigenvalue weighted by atomic mass is 16.5. The Bertz CT molecular complexity index is 840. The molecule has 2 aromatic rings. The van der Waals surface area contributed by atoms with E-state index in [1.807, 2.05) is 29.2 Å². The fraction of sp³-hybridized carbons (Fsp3) is 0.450. The van der Waals surface area contributed by atoms with Crippen LogP contribution >= 0.6 is 0 Å². The van der Waals surface area contributed by atoms with Gasteiger partial charge >= 0.3 is 0 Å². The monoisotopic (exact) mass is 353 g/mol. The van der Waals surface area contributed by atoms with E-state index in [1.165, 1.54) is 12.3 Å². The Morgan fingerprint density at radius 2 is 2.00 bits per heavy atom. The van der Waals surface area contributed by atoms with E-state index in [0.717, 1.165) is 43.7 Å². The maximum atomic E-state index is 12.9. The molecule has 1 atom stereocenters. The van der Waals surface area contributed by atoms with Crippen molar-refractivity contribution in [1.29, 1.82) is 0 Å². The van der Waals surface area contributed by atoms with Crippen molar-refractivity contribution in [2.24, 2.45) is 11.8 Å². The molecule has 0 bridgehead atoms. The molecule has 4 rings (SSSR count). The largest absolute Gasteiger partial charge is 0.492 e. The SMILES string of the molecule is O=C(C1COc2ccccc2C1)N1CCC(Cn2cnccc2=O)CC1. The average molecular weight is 353 g/mol. The third-order valence-corrected chi connectivity index (χ3v) is 5.40. The molecule has 1 unspecified atom stereocenters. The van der Waals surface area contributed by atoms with Crippen molar-refractivity contribution in [1.82, 2.24) is 14.5 Å². The minimum absolute atomic E-state index is 0.0171. The molecular formula is C20H23N3O3.